The topological polar surface area (TPSA) is 123 Å². The van der Waals surface area contributed by atoms with Gasteiger partial charge < -0.3 is 14.8 Å². The lowest BCUT2D eigenvalue weighted by molar-refractivity contribution is -0.114. The van der Waals surface area contributed by atoms with Gasteiger partial charge in [-0.25, -0.2) is 8.42 Å². The van der Waals surface area contributed by atoms with E-state index in [1.807, 2.05) is 11.8 Å². The van der Waals surface area contributed by atoms with Gasteiger partial charge in [-0.2, -0.15) is 0 Å². The largest absolute Gasteiger partial charge is 0.493 e. The minimum absolute atomic E-state index is 0.0776. The number of nitrogens with one attached hydrogen (secondary N) is 3. The van der Waals surface area contributed by atoms with Crippen molar-refractivity contribution in [3.05, 3.63) is 48.0 Å². The van der Waals surface area contributed by atoms with Gasteiger partial charge in [0.2, 0.25) is 5.91 Å². The highest BCUT2D eigenvalue weighted by Crippen LogP contribution is 2.28. The van der Waals surface area contributed by atoms with Crippen LogP contribution in [-0.2, 0) is 14.8 Å². The Morgan fingerprint density at radius 1 is 1.04 bits per heavy atom. The van der Waals surface area contributed by atoms with Crippen LogP contribution < -0.4 is 25.0 Å². The van der Waals surface area contributed by atoms with Crippen LogP contribution in [0, 0.1) is 0 Å². The Morgan fingerprint density at radius 3 is 2.29 bits per heavy atom. The standard InChI is InChI=1S/C18H21N3O6S/c1-4-27-16-10-5-13(11-17(16)26-3)18(23)20-21-28(24,25)15-8-6-14(7-9-15)19-12(2)22/h5-11,21H,4H2,1-3H3,(H,19,22)(H,20,23). The smallest absolute Gasteiger partial charge is 0.266 e. The van der Waals surface area contributed by atoms with E-state index in [0.29, 0.717) is 23.8 Å². The van der Waals surface area contributed by atoms with Gasteiger partial charge in [0.15, 0.2) is 11.5 Å². The van der Waals surface area contributed by atoms with Crippen molar-refractivity contribution in [3.8, 4) is 11.5 Å². The Morgan fingerprint density at radius 2 is 1.71 bits per heavy atom. The predicted octanol–water partition coefficient (Wildman–Crippen LogP) is 1.68. The molecule has 0 unspecified atom stereocenters. The van der Waals surface area contributed by atoms with Gasteiger partial charge in [-0.15, -0.1) is 4.83 Å². The number of hydrogen-bond acceptors (Lipinski definition) is 6. The summed E-state index contributed by atoms with van der Waals surface area (Å²) in [6.45, 7) is 3.59. The van der Waals surface area contributed by atoms with Gasteiger partial charge >= 0.3 is 0 Å². The fraction of sp³-hybridized carbons (Fsp3) is 0.222. The quantitative estimate of drug-likeness (QED) is 0.572. The van der Waals surface area contributed by atoms with Crippen LogP contribution in [-0.4, -0.2) is 33.9 Å². The second-order valence-corrected chi connectivity index (χ2v) is 7.25. The SMILES string of the molecule is CCOc1ccc(C(=O)NNS(=O)(=O)c2ccc(NC(C)=O)cc2)cc1OC. The lowest BCUT2D eigenvalue weighted by Crippen LogP contribution is -2.41. The minimum atomic E-state index is -3.99. The van der Waals surface area contributed by atoms with Crippen molar-refractivity contribution in [3.63, 3.8) is 0 Å². The van der Waals surface area contributed by atoms with Crippen LogP contribution in [0.3, 0.4) is 0 Å². The highest BCUT2D eigenvalue weighted by atomic mass is 32.2. The first-order chi connectivity index (χ1) is 13.3. The van der Waals surface area contributed by atoms with Crippen molar-refractivity contribution in [1.29, 1.82) is 0 Å². The van der Waals surface area contributed by atoms with Gasteiger partial charge in [-0.05, 0) is 49.4 Å². The van der Waals surface area contributed by atoms with Crippen molar-refractivity contribution in [2.24, 2.45) is 0 Å². The summed E-state index contributed by atoms with van der Waals surface area (Å²) in [5.74, 6) is -0.112. The third-order valence-corrected chi connectivity index (χ3v) is 4.77. The fourth-order valence-electron chi connectivity index (χ4n) is 2.25. The molecule has 0 saturated carbocycles. The molecule has 0 aromatic heterocycles. The second-order valence-electron chi connectivity index (χ2n) is 5.56. The van der Waals surface area contributed by atoms with Gasteiger partial charge in [-0.3, -0.25) is 15.0 Å². The zero-order valence-corrected chi connectivity index (χ0v) is 16.4. The summed E-state index contributed by atoms with van der Waals surface area (Å²) in [6, 6.07) is 9.98. The molecule has 0 fully saturated rings. The number of benzene rings is 2. The van der Waals surface area contributed by atoms with Crippen LogP contribution in [0.2, 0.25) is 0 Å². The minimum Gasteiger partial charge on any atom is -0.493 e. The molecule has 150 valence electrons. The Balaban J connectivity index is 2.07. The maximum absolute atomic E-state index is 12.3. The van der Waals surface area contributed by atoms with E-state index in [1.165, 1.54) is 50.4 Å². The summed E-state index contributed by atoms with van der Waals surface area (Å²) in [7, 11) is -2.55. The normalized spacial score (nSPS) is 10.8. The molecule has 0 aliphatic carbocycles. The average molecular weight is 407 g/mol. The van der Waals surface area contributed by atoms with E-state index in [2.05, 4.69) is 10.7 Å². The lowest BCUT2D eigenvalue weighted by Gasteiger charge is -2.12. The maximum atomic E-state index is 12.3. The molecule has 0 heterocycles. The predicted molar refractivity (Wildman–Crippen MR) is 103 cm³/mol. The first-order valence-corrected chi connectivity index (χ1v) is 9.75. The molecular formula is C18H21N3O6S. The van der Waals surface area contributed by atoms with Gasteiger partial charge in [0.1, 0.15) is 0 Å². The average Bonchev–Trinajstić information content (AvgIpc) is 2.66. The first-order valence-electron chi connectivity index (χ1n) is 8.27. The van der Waals surface area contributed by atoms with Crippen LogP contribution in [0.1, 0.15) is 24.2 Å². The molecule has 2 rings (SSSR count). The van der Waals surface area contributed by atoms with E-state index >= 15 is 0 Å². The molecule has 3 N–H and O–H groups in total. The molecule has 9 nitrogen and oxygen atoms in total. The molecule has 2 aromatic carbocycles. The second kappa shape index (κ2) is 9.20. The summed E-state index contributed by atoms with van der Waals surface area (Å²) < 4.78 is 35.2. The number of ether oxygens (including phenoxy) is 2. The molecule has 0 atom stereocenters. The number of carbonyl (C=O) groups is 2. The summed E-state index contributed by atoms with van der Waals surface area (Å²) in [6.07, 6.45) is 0. The number of hydrazine groups is 1. The number of methoxy groups -OCH3 is 1. The van der Waals surface area contributed by atoms with E-state index in [-0.39, 0.29) is 16.4 Å². The maximum Gasteiger partial charge on any atom is 0.266 e. The van der Waals surface area contributed by atoms with E-state index in [1.54, 1.807) is 6.07 Å². The highest BCUT2D eigenvalue weighted by molar-refractivity contribution is 7.89. The van der Waals surface area contributed by atoms with E-state index in [4.69, 9.17) is 9.47 Å². The zero-order valence-electron chi connectivity index (χ0n) is 15.6. The number of carbonyl (C=O) groups excluding carboxylic acids is 2. The van der Waals surface area contributed by atoms with E-state index in [9.17, 15) is 18.0 Å². The Kier molecular flexibility index (Phi) is 6.96. The molecule has 0 bridgehead atoms. The van der Waals surface area contributed by atoms with Crippen LogP contribution in [0.25, 0.3) is 0 Å². The first kappa shape index (κ1) is 21.2. The van der Waals surface area contributed by atoms with Gasteiger partial charge in [-0.1, -0.05) is 0 Å². The molecule has 0 aliphatic rings. The van der Waals surface area contributed by atoms with Crippen LogP contribution in [0.5, 0.6) is 11.5 Å². The Bertz CT molecular complexity index is 958. The van der Waals surface area contributed by atoms with Crippen molar-refractivity contribution in [2.45, 2.75) is 18.7 Å². The van der Waals surface area contributed by atoms with Crippen molar-refractivity contribution in [2.75, 3.05) is 19.0 Å². The molecule has 0 spiro atoms. The molecule has 2 amide bonds. The van der Waals surface area contributed by atoms with Gasteiger partial charge in [0.25, 0.3) is 15.9 Å². The van der Waals surface area contributed by atoms with Crippen molar-refractivity contribution >= 4 is 27.5 Å². The summed E-state index contributed by atoms with van der Waals surface area (Å²) >= 11 is 0. The number of amides is 2. The number of anilines is 1. The van der Waals surface area contributed by atoms with Gasteiger partial charge in [0.05, 0.1) is 18.6 Å². The van der Waals surface area contributed by atoms with Crippen molar-refractivity contribution < 1.29 is 27.5 Å². The van der Waals surface area contributed by atoms with Crippen LogP contribution in [0.15, 0.2) is 47.4 Å². The zero-order chi connectivity index (χ0) is 20.7. The molecular weight excluding hydrogens is 386 g/mol. The lowest BCUT2D eigenvalue weighted by atomic mass is 10.2. The summed E-state index contributed by atoms with van der Waals surface area (Å²) in [5.41, 5.74) is 2.78. The highest BCUT2D eigenvalue weighted by Gasteiger charge is 2.17. The molecule has 2 aromatic rings. The third-order valence-electron chi connectivity index (χ3n) is 3.51. The van der Waals surface area contributed by atoms with Crippen LogP contribution >= 0.6 is 0 Å². The van der Waals surface area contributed by atoms with Crippen molar-refractivity contribution in [1.82, 2.24) is 10.3 Å². The molecule has 0 radical (unpaired) electrons. The molecule has 0 saturated heterocycles. The Hall–Kier alpha value is -3.11. The van der Waals surface area contributed by atoms with E-state index in [0.717, 1.165) is 0 Å². The molecule has 10 heteroatoms. The number of sulfonamides is 1. The number of rotatable bonds is 8. The van der Waals surface area contributed by atoms with Crippen LogP contribution in [0.4, 0.5) is 5.69 Å². The monoisotopic (exact) mass is 407 g/mol. The summed E-state index contributed by atoms with van der Waals surface area (Å²) in [4.78, 5) is 25.2. The van der Waals surface area contributed by atoms with E-state index < -0.39 is 15.9 Å². The van der Waals surface area contributed by atoms with Gasteiger partial charge in [0, 0.05) is 18.2 Å². The third kappa shape index (κ3) is 5.44. The Labute approximate surface area is 163 Å². The summed E-state index contributed by atoms with van der Waals surface area (Å²) in [5, 5.41) is 2.53. The fourth-order valence-corrected chi connectivity index (χ4v) is 3.09. The molecule has 0 aliphatic heterocycles. The number of hydrogen-bond donors (Lipinski definition) is 3. The molecule has 28 heavy (non-hydrogen) atoms.